The van der Waals surface area contributed by atoms with Crippen molar-refractivity contribution in [3.8, 4) is 0 Å². The first-order valence-corrected chi connectivity index (χ1v) is 6.14. The lowest BCUT2D eigenvalue weighted by Gasteiger charge is -2.34. The number of aromatic nitrogens is 1. The van der Waals surface area contributed by atoms with Crippen LogP contribution in [0.3, 0.4) is 0 Å². The van der Waals surface area contributed by atoms with Crippen molar-refractivity contribution in [3.63, 3.8) is 0 Å². The monoisotopic (exact) mass is 274 g/mol. The van der Waals surface area contributed by atoms with Crippen LogP contribution in [0.5, 0.6) is 0 Å². The van der Waals surface area contributed by atoms with E-state index in [4.69, 9.17) is 5.73 Å². The smallest absolute Gasteiger partial charge is 0.399 e. The van der Waals surface area contributed by atoms with E-state index in [0.29, 0.717) is 38.4 Å². The van der Waals surface area contributed by atoms with Crippen molar-refractivity contribution in [2.45, 2.75) is 12.7 Å². The summed E-state index contributed by atoms with van der Waals surface area (Å²) in [6.07, 6.45) is -2.47. The summed E-state index contributed by atoms with van der Waals surface area (Å²) in [6, 6.07) is 3.51. The highest BCUT2D eigenvalue weighted by molar-refractivity contribution is 5.37. The molecule has 0 unspecified atom stereocenters. The van der Waals surface area contributed by atoms with Gasteiger partial charge in [0.15, 0.2) is 0 Å². The van der Waals surface area contributed by atoms with Crippen molar-refractivity contribution < 1.29 is 13.2 Å². The lowest BCUT2D eigenvalue weighted by Crippen LogP contribution is -2.48. The number of anilines is 1. The van der Waals surface area contributed by atoms with Gasteiger partial charge in [0.1, 0.15) is 0 Å². The number of piperazine rings is 1. The van der Waals surface area contributed by atoms with Gasteiger partial charge in [-0.2, -0.15) is 13.2 Å². The first kappa shape index (κ1) is 14.1. The highest BCUT2D eigenvalue weighted by atomic mass is 19.4. The summed E-state index contributed by atoms with van der Waals surface area (Å²) in [6.45, 7) is 1.91. The zero-order valence-corrected chi connectivity index (χ0v) is 10.5. The Morgan fingerprint density at radius 1 is 1.16 bits per heavy atom. The number of pyridine rings is 1. The molecule has 2 N–H and O–H groups in total. The lowest BCUT2D eigenvalue weighted by molar-refractivity contribution is -0.149. The van der Waals surface area contributed by atoms with Crippen LogP contribution >= 0.6 is 0 Å². The molecular formula is C12H17F3N4. The maximum atomic E-state index is 12.2. The van der Waals surface area contributed by atoms with Crippen molar-refractivity contribution in [1.82, 2.24) is 14.8 Å². The fourth-order valence-electron chi connectivity index (χ4n) is 2.17. The zero-order chi connectivity index (χ0) is 13.9. The molecule has 2 heterocycles. The van der Waals surface area contributed by atoms with Gasteiger partial charge in [0.05, 0.1) is 12.2 Å². The fraction of sp³-hybridized carbons (Fsp3) is 0.583. The van der Waals surface area contributed by atoms with Crippen LogP contribution in [-0.4, -0.2) is 53.7 Å². The molecule has 0 atom stereocenters. The number of alkyl halides is 3. The Hall–Kier alpha value is -1.34. The topological polar surface area (TPSA) is 45.4 Å². The Morgan fingerprint density at radius 3 is 2.37 bits per heavy atom. The standard InChI is InChI=1S/C12H17F3N4/c13-12(14,15)9-19-5-3-18(4-6-19)8-11-7-10(16)1-2-17-11/h1-2,7H,3-6,8-9H2,(H2,16,17). The molecule has 1 aliphatic heterocycles. The molecule has 0 amide bonds. The first-order valence-electron chi connectivity index (χ1n) is 6.14. The van der Waals surface area contributed by atoms with Gasteiger partial charge in [0, 0.05) is 44.6 Å². The molecule has 0 aromatic carbocycles. The number of rotatable bonds is 3. The van der Waals surface area contributed by atoms with Crippen LogP contribution in [-0.2, 0) is 6.54 Å². The molecule has 1 aromatic rings. The fourth-order valence-corrected chi connectivity index (χ4v) is 2.17. The van der Waals surface area contributed by atoms with Gasteiger partial charge in [0.25, 0.3) is 0 Å². The summed E-state index contributed by atoms with van der Waals surface area (Å²) in [5.74, 6) is 0. The quantitative estimate of drug-likeness (QED) is 0.903. The van der Waals surface area contributed by atoms with Crippen LogP contribution < -0.4 is 5.73 Å². The van der Waals surface area contributed by atoms with Crippen molar-refractivity contribution in [1.29, 1.82) is 0 Å². The molecule has 4 nitrogen and oxygen atoms in total. The minimum absolute atomic E-state index is 0.432. The average Bonchev–Trinajstić information content (AvgIpc) is 2.30. The van der Waals surface area contributed by atoms with Crippen molar-refractivity contribution in [3.05, 3.63) is 24.0 Å². The Balaban J connectivity index is 1.80. The molecular weight excluding hydrogens is 257 g/mol. The zero-order valence-electron chi connectivity index (χ0n) is 10.5. The van der Waals surface area contributed by atoms with Crippen LogP contribution in [0, 0.1) is 0 Å². The Labute approximate surface area is 110 Å². The van der Waals surface area contributed by atoms with Gasteiger partial charge >= 0.3 is 6.18 Å². The number of nitrogen functional groups attached to an aromatic ring is 1. The predicted molar refractivity (Wildman–Crippen MR) is 66.4 cm³/mol. The Morgan fingerprint density at radius 2 is 1.79 bits per heavy atom. The van der Waals surface area contributed by atoms with E-state index in [0.717, 1.165) is 5.69 Å². The van der Waals surface area contributed by atoms with Crippen LogP contribution in [0.25, 0.3) is 0 Å². The maximum absolute atomic E-state index is 12.2. The molecule has 19 heavy (non-hydrogen) atoms. The molecule has 1 aromatic heterocycles. The highest BCUT2D eigenvalue weighted by Gasteiger charge is 2.32. The molecule has 1 fully saturated rings. The van der Waals surface area contributed by atoms with Crippen LogP contribution in [0.1, 0.15) is 5.69 Å². The second-order valence-corrected chi connectivity index (χ2v) is 4.75. The Bertz CT molecular complexity index is 414. The summed E-state index contributed by atoms with van der Waals surface area (Å²) < 4.78 is 36.7. The van der Waals surface area contributed by atoms with Crippen molar-refractivity contribution >= 4 is 5.69 Å². The minimum atomic E-state index is -4.11. The van der Waals surface area contributed by atoms with Gasteiger partial charge in [-0.3, -0.25) is 14.8 Å². The third kappa shape index (κ3) is 4.68. The van der Waals surface area contributed by atoms with E-state index in [2.05, 4.69) is 9.88 Å². The normalized spacial score (nSPS) is 18.7. The van der Waals surface area contributed by atoms with E-state index in [1.165, 1.54) is 4.90 Å². The molecule has 1 saturated heterocycles. The van der Waals surface area contributed by atoms with Crippen LogP contribution in [0.4, 0.5) is 18.9 Å². The molecule has 1 aliphatic rings. The second kappa shape index (κ2) is 5.75. The molecule has 0 bridgehead atoms. The maximum Gasteiger partial charge on any atom is 0.401 e. The molecule has 106 valence electrons. The summed E-state index contributed by atoms with van der Waals surface area (Å²) >= 11 is 0. The van der Waals surface area contributed by atoms with Gasteiger partial charge in [0.2, 0.25) is 0 Å². The molecule has 0 spiro atoms. The van der Waals surface area contributed by atoms with Crippen molar-refractivity contribution in [2.75, 3.05) is 38.5 Å². The summed E-state index contributed by atoms with van der Waals surface area (Å²) in [5.41, 5.74) is 7.17. The molecule has 0 radical (unpaired) electrons. The van der Waals surface area contributed by atoms with Crippen molar-refractivity contribution in [2.24, 2.45) is 0 Å². The van der Waals surface area contributed by atoms with Crippen LogP contribution in [0.2, 0.25) is 0 Å². The summed E-state index contributed by atoms with van der Waals surface area (Å²) in [7, 11) is 0. The van der Waals surface area contributed by atoms with E-state index in [-0.39, 0.29) is 0 Å². The third-order valence-electron chi connectivity index (χ3n) is 3.09. The molecule has 7 heteroatoms. The Kier molecular flexibility index (Phi) is 4.26. The van der Waals surface area contributed by atoms with E-state index < -0.39 is 12.7 Å². The summed E-state index contributed by atoms with van der Waals surface area (Å²) in [5, 5.41) is 0. The number of nitrogens with zero attached hydrogens (tertiary/aromatic N) is 3. The number of hydrogen-bond donors (Lipinski definition) is 1. The van der Waals surface area contributed by atoms with E-state index in [1.54, 1.807) is 18.3 Å². The van der Waals surface area contributed by atoms with Gasteiger partial charge < -0.3 is 5.73 Å². The predicted octanol–water partition coefficient (Wildman–Crippen LogP) is 1.34. The highest BCUT2D eigenvalue weighted by Crippen LogP contribution is 2.18. The largest absolute Gasteiger partial charge is 0.401 e. The lowest BCUT2D eigenvalue weighted by atomic mass is 10.2. The van der Waals surface area contributed by atoms with Gasteiger partial charge in [-0.15, -0.1) is 0 Å². The first-order chi connectivity index (χ1) is 8.92. The molecule has 0 saturated carbocycles. The second-order valence-electron chi connectivity index (χ2n) is 4.75. The molecule has 2 rings (SSSR count). The number of nitrogens with two attached hydrogens (primary N) is 1. The summed E-state index contributed by atoms with van der Waals surface area (Å²) in [4.78, 5) is 7.72. The van der Waals surface area contributed by atoms with Gasteiger partial charge in [-0.25, -0.2) is 0 Å². The SMILES string of the molecule is Nc1ccnc(CN2CCN(CC(F)(F)F)CC2)c1. The van der Waals surface area contributed by atoms with E-state index in [9.17, 15) is 13.2 Å². The number of halogens is 3. The molecule has 0 aliphatic carbocycles. The third-order valence-corrected chi connectivity index (χ3v) is 3.09. The minimum Gasteiger partial charge on any atom is -0.399 e. The van der Waals surface area contributed by atoms with Gasteiger partial charge in [-0.05, 0) is 12.1 Å². The average molecular weight is 274 g/mol. The van der Waals surface area contributed by atoms with E-state index >= 15 is 0 Å². The number of hydrogen-bond acceptors (Lipinski definition) is 4. The van der Waals surface area contributed by atoms with Crippen LogP contribution in [0.15, 0.2) is 18.3 Å². The van der Waals surface area contributed by atoms with E-state index in [1.807, 2.05) is 0 Å². The van der Waals surface area contributed by atoms with Gasteiger partial charge in [-0.1, -0.05) is 0 Å².